The highest BCUT2D eigenvalue weighted by Crippen LogP contribution is 2.35. The molecule has 2 fully saturated rings. The fraction of sp³-hybridized carbons (Fsp3) is 0.269. The Morgan fingerprint density at radius 1 is 1.03 bits per heavy atom. The van der Waals surface area contributed by atoms with Crippen molar-refractivity contribution in [3.63, 3.8) is 0 Å². The Kier molecular flexibility index (Phi) is 5.22. The summed E-state index contributed by atoms with van der Waals surface area (Å²) in [5.74, 6) is 0.947. The van der Waals surface area contributed by atoms with Gasteiger partial charge in [-0.3, -0.25) is 9.88 Å². The predicted molar refractivity (Wildman–Crippen MR) is 130 cm³/mol. The molecular formula is C26H25FN6O. The van der Waals surface area contributed by atoms with Crippen molar-refractivity contribution in [3.05, 3.63) is 66.9 Å². The quantitative estimate of drug-likeness (QED) is 0.404. The van der Waals surface area contributed by atoms with Crippen molar-refractivity contribution < 1.29 is 9.13 Å². The molecule has 0 spiro atoms. The summed E-state index contributed by atoms with van der Waals surface area (Å²) in [6.07, 6.45) is 6.91. The first-order valence-electron chi connectivity index (χ1n) is 11.6. The van der Waals surface area contributed by atoms with E-state index in [0.717, 1.165) is 42.1 Å². The van der Waals surface area contributed by atoms with Crippen molar-refractivity contribution in [1.82, 2.24) is 19.9 Å². The lowest BCUT2D eigenvalue weighted by atomic mass is 10.1. The van der Waals surface area contributed by atoms with E-state index in [9.17, 15) is 4.39 Å². The lowest BCUT2D eigenvalue weighted by Gasteiger charge is -2.18. The maximum atomic E-state index is 14.2. The first-order valence-corrected chi connectivity index (χ1v) is 11.6. The third kappa shape index (κ3) is 4.12. The van der Waals surface area contributed by atoms with Crippen molar-refractivity contribution >= 4 is 28.1 Å². The molecule has 3 N–H and O–H groups in total. The molecule has 172 valence electrons. The van der Waals surface area contributed by atoms with Crippen LogP contribution < -0.4 is 15.8 Å². The highest BCUT2D eigenvalue weighted by atomic mass is 19.1. The fourth-order valence-electron chi connectivity index (χ4n) is 4.56. The fourth-order valence-corrected chi connectivity index (χ4v) is 4.56. The summed E-state index contributed by atoms with van der Waals surface area (Å²) in [6, 6.07) is 14.7. The van der Waals surface area contributed by atoms with Gasteiger partial charge < -0.3 is 15.8 Å². The van der Waals surface area contributed by atoms with Gasteiger partial charge in [-0.1, -0.05) is 12.1 Å². The van der Waals surface area contributed by atoms with Crippen molar-refractivity contribution in [1.29, 1.82) is 0 Å². The average molecular weight is 457 g/mol. The molecule has 0 bridgehead atoms. The molecule has 2 aliphatic rings. The molecule has 3 heterocycles. The Bertz CT molecular complexity index is 1360. The number of aromatic nitrogens is 3. The van der Waals surface area contributed by atoms with Crippen LogP contribution in [0.1, 0.15) is 19.3 Å². The lowest BCUT2D eigenvalue weighted by Crippen LogP contribution is -2.26. The predicted octanol–water partition coefficient (Wildman–Crippen LogP) is 4.77. The van der Waals surface area contributed by atoms with Crippen molar-refractivity contribution in [2.75, 3.05) is 24.1 Å². The van der Waals surface area contributed by atoms with E-state index in [1.165, 1.54) is 25.2 Å². The average Bonchev–Trinajstić information content (AvgIpc) is 3.59. The third-order valence-electron chi connectivity index (χ3n) is 6.47. The molecule has 2 aromatic carbocycles. The molecule has 1 aliphatic heterocycles. The van der Waals surface area contributed by atoms with E-state index < -0.39 is 0 Å². The number of rotatable bonds is 6. The second-order valence-corrected chi connectivity index (χ2v) is 8.92. The van der Waals surface area contributed by atoms with Crippen LogP contribution in [0.2, 0.25) is 0 Å². The van der Waals surface area contributed by atoms with Crippen molar-refractivity contribution in [2.24, 2.45) is 0 Å². The minimum absolute atomic E-state index is 0.147. The van der Waals surface area contributed by atoms with Crippen LogP contribution in [0.15, 0.2) is 61.1 Å². The number of halogens is 1. The molecule has 8 heteroatoms. The highest BCUT2D eigenvalue weighted by Gasteiger charge is 2.35. The normalized spacial score (nSPS) is 18.3. The Morgan fingerprint density at radius 3 is 2.76 bits per heavy atom. The molecule has 0 radical (unpaired) electrons. The Balaban J connectivity index is 1.26. The van der Waals surface area contributed by atoms with Gasteiger partial charge in [0.05, 0.1) is 16.9 Å². The van der Waals surface area contributed by atoms with Crippen LogP contribution in [0.4, 0.5) is 21.6 Å². The number of nitrogens with zero attached hydrogens (tertiary/aromatic N) is 4. The first-order chi connectivity index (χ1) is 16.6. The van der Waals surface area contributed by atoms with Gasteiger partial charge in [-0.2, -0.15) is 0 Å². The first kappa shape index (κ1) is 20.8. The van der Waals surface area contributed by atoms with Crippen LogP contribution in [0.3, 0.4) is 0 Å². The Morgan fingerprint density at radius 2 is 1.91 bits per heavy atom. The Hall–Kier alpha value is -3.78. The van der Waals surface area contributed by atoms with E-state index in [0.29, 0.717) is 28.5 Å². The third-order valence-corrected chi connectivity index (χ3v) is 6.47. The number of hydrogen-bond donors (Lipinski definition) is 2. The van der Waals surface area contributed by atoms with Gasteiger partial charge >= 0.3 is 0 Å². The SMILES string of the molecule is Nc1cc2c(Nc3ccnc(-c4ccccc4F)c3)ncnc2cc1O[C@@H]1CCN(C2CC2)C1. The van der Waals surface area contributed by atoms with Crippen LogP contribution in [-0.4, -0.2) is 45.1 Å². The van der Waals surface area contributed by atoms with E-state index >= 15 is 0 Å². The topological polar surface area (TPSA) is 89.2 Å². The Labute approximate surface area is 196 Å². The molecule has 0 amide bonds. The highest BCUT2D eigenvalue weighted by molar-refractivity contribution is 5.94. The van der Waals surface area contributed by atoms with E-state index in [1.807, 2.05) is 18.2 Å². The smallest absolute Gasteiger partial charge is 0.144 e. The maximum absolute atomic E-state index is 14.2. The molecule has 34 heavy (non-hydrogen) atoms. The van der Waals surface area contributed by atoms with Gasteiger partial charge in [0.1, 0.15) is 29.8 Å². The zero-order chi connectivity index (χ0) is 23.1. The summed E-state index contributed by atoms with van der Waals surface area (Å²) in [5, 5.41) is 4.09. The van der Waals surface area contributed by atoms with Gasteiger partial charge in [0.15, 0.2) is 0 Å². The monoisotopic (exact) mass is 456 g/mol. The van der Waals surface area contributed by atoms with Crippen molar-refractivity contribution in [3.8, 4) is 17.0 Å². The maximum Gasteiger partial charge on any atom is 0.144 e. The standard InChI is InChI=1S/C26H25FN6O/c27-21-4-2-1-3-19(21)23-11-16(7-9-29-23)32-26-20-12-22(28)25(13-24(20)30-15-31-26)34-18-8-10-33(14-18)17-5-6-17/h1-4,7,9,11-13,15,17-18H,5-6,8,10,14,28H2,(H,29,30,31,32)/t18-/m1/s1. The number of nitrogens with one attached hydrogen (secondary N) is 1. The minimum atomic E-state index is -0.317. The second-order valence-electron chi connectivity index (χ2n) is 8.92. The van der Waals surface area contributed by atoms with E-state index in [1.54, 1.807) is 30.5 Å². The molecule has 1 atom stereocenters. The molecule has 4 aromatic rings. The van der Waals surface area contributed by atoms with E-state index in [-0.39, 0.29) is 11.9 Å². The number of likely N-dealkylation sites (tertiary alicyclic amines) is 1. The largest absolute Gasteiger partial charge is 0.487 e. The second kappa shape index (κ2) is 8.53. The number of benzene rings is 2. The van der Waals surface area contributed by atoms with E-state index in [2.05, 4.69) is 25.2 Å². The summed E-state index contributed by atoms with van der Waals surface area (Å²) >= 11 is 0. The summed E-state index contributed by atoms with van der Waals surface area (Å²) in [4.78, 5) is 15.7. The van der Waals surface area contributed by atoms with Gasteiger partial charge in [0, 0.05) is 48.0 Å². The van der Waals surface area contributed by atoms with Gasteiger partial charge in [0.25, 0.3) is 0 Å². The summed E-state index contributed by atoms with van der Waals surface area (Å²) in [5.41, 5.74) is 9.38. The molecule has 1 saturated carbocycles. The van der Waals surface area contributed by atoms with Crippen LogP contribution in [0.25, 0.3) is 22.2 Å². The number of ether oxygens (including phenoxy) is 1. The zero-order valence-corrected chi connectivity index (χ0v) is 18.6. The number of hydrogen-bond acceptors (Lipinski definition) is 7. The van der Waals surface area contributed by atoms with Crippen LogP contribution in [0, 0.1) is 5.82 Å². The van der Waals surface area contributed by atoms with E-state index in [4.69, 9.17) is 10.5 Å². The number of fused-ring (bicyclic) bond motifs is 1. The van der Waals surface area contributed by atoms with Gasteiger partial charge in [-0.25, -0.2) is 14.4 Å². The number of nitrogen functional groups attached to an aromatic ring is 1. The number of pyridine rings is 1. The van der Waals surface area contributed by atoms with Crippen LogP contribution >= 0.6 is 0 Å². The summed E-state index contributed by atoms with van der Waals surface area (Å²) in [7, 11) is 0. The molecule has 6 rings (SSSR count). The van der Waals surface area contributed by atoms with Crippen molar-refractivity contribution in [2.45, 2.75) is 31.4 Å². The molecular weight excluding hydrogens is 431 g/mol. The zero-order valence-electron chi connectivity index (χ0n) is 18.6. The lowest BCUT2D eigenvalue weighted by molar-refractivity contribution is 0.199. The number of nitrogens with two attached hydrogens (primary N) is 1. The molecule has 0 unspecified atom stereocenters. The molecule has 7 nitrogen and oxygen atoms in total. The van der Waals surface area contributed by atoms with Gasteiger partial charge in [-0.15, -0.1) is 0 Å². The minimum Gasteiger partial charge on any atom is -0.487 e. The van der Waals surface area contributed by atoms with Crippen LogP contribution in [-0.2, 0) is 0 Å². The number of anilines is 3. The summed E-state index contributed by atoms with van der Waals surface area (Å²) in [6.45, 7) is 2.03. The van der Waals surface area contributed by atoms with Gasteiger partial charge in [-0.05, 0) is 49.6 Å². The van der Waals surface area contributed by atoms with Gasteiger partial charge in [0.2, 0.25) is 0 Å². The summed E-state index contributed by atoms with van der Waals surface area (Å²) < 4.78 is 20.5. The molecule has 2 aromatic heterocycles. The van der Waals surface area contributed by atoms with Crippen LogP contribution in [0.5, 0.6) is 5.75 Å². The molecule has 1 aliphatic carbocycles. The molecule has 1 saturated heterocycles.